The Morgan fingerprint density at radius 3 is 2.90 bits per heavy atom. The molecule has 0 saturated carbocycles. The summed E-state index contributed by atoms with van der Waals surface area (Å²) in [4.78, 5) is 13.6. The van der Waals surface area contributed by atoms with Crippen LogP contribution in [-0.2, 0) is 6.54 Å². The molecule has 0 fully saturated rings. The van der Waals surface area contributed by atoms with Crippen LogP contribution in [0.3, 0.4) is 0 Å². The van der Waals surface area contributed by atoms with Crippen LogP contribution in [0.15, 0.2) is 24.4 Å². The van der Waals surface area contributed by atoms with Crippen molar-refractivity contribution in [2.75, 3.05) is 20.3 Å². The zero-order valence-electron chi connectivity index (χ0n) is 11.0. The number of hydrogen-bond acceptors (Lipinski definition) is 5. The van der Waals surface area contributed by atoms with Gasteiger partial charge in [0, 0.05) is 13.6 Å². The van der Waals surface area contributed by atoms with Crippen molar-refractivity contribution >= 4 is 5.91 Å². The number of aromatic amines is 1. The Labute approximate surface area is 115 Å². The summed E-state index contributed by atoms with van der Waals surface area (Å²) in [5, 5.41) is 9.83. The molecule has 1 aliphatic heterocycles. The molecule has 0 bridgehead atoms. The molecule has 0 saturated heterocycles. The Bertz CT molecular complexity index is 612. The maximum Gasteiger partial charge on any atom is 0.276 e. The van der Waals surface area contributed by atoms with Crippen molar-refractivity contribution in [2.45, 2.75) is 6.54 Å². The molecular formula is C13H14N4O3. The van der Waals surface area contributed by atoms with Crippen LogP contribution in [0.1, 0.15) is 16.1 Å². The van der Waals surface area contributed by atoms with Gasteiger partial charge in [-0.2, -0.15) is 15.4 Å². The average Bonchev–Trinajstić information content (AvgIpc) is 3.00. The Morgan fingerprint density at radius 1 is 1.35 bits per heavy atom. The van der Waals surface area contributed by atoms with Crippen LogP contribution in [0.4, 0.5) is 0 Å². The number of nitrogens with zero attached hydrogens (tertiary/aromatic N) is 3. The molecule has 0 aliphatic carbocycles. The maximum absolute atomic E-state index is 12.0. The lowest BCUT2D eigenvalue weighted by molar-refractivity contribution is 0.0779. The molecule has 1 amide bonds. The molecule has 1 aromatic carbocycles. The van der Waals surface area contributed by atoms with Gasteiger partial charge >= 0.3 is 0 Å². The van der Waals surface area contributed by atoms with E-state index < -0.39 is 0 Å². The highest BCUT2D eigenvalue weighted by Gasteiger charge is 2.16. The van der Waals surface area contributed by atoms with E-state index in [2.05, 4.69) is 15.4 Å². The first-order chi connectivity index (χ1) is 9.74. The van der Waals surface area contributed by atoms with E-state index in [1.807, 2.05) is 18.2 Å². The second kappa shape index (κ2) is 5.20. The van der Waals surface area contributed by atoms with Crippen LogP contribution >= 0.6 is 0 Å². The first kappa shape index (κ1) is 12.5. The number of amides is 1. The molecule has 1 N–H and O–H groups in total. The molecule has 0 spiro atoms. The molecule has 7 nitrogen and oxygen atoms in total. The molecule has 0 atom stereocenters. The van der Waals surface area contributed by atoms with Gasteiger partial charge in [0.2, 0.25) is 0 Å². The average molecular weight is 274 g/mol. The topological polar surface area (TPSA) is 80.3 Å². The summed E-state index contributed by atoms with van der Waals surface area (Å²) in [6.07, 6.45) is 1.41. The van der Waals surface area contributed by atoms with Crippen LogP contribution < -0.4 is 9.47 Å². The predicted molar refractivity (Wildman–Crippen MR) is 69.6 cm³/mol. The lowest BCUT2D eigenvalue weighted by Crippen LogP contribution is -2.26. The van der Waals surface area contributed by atoms with Crippen LogP contribution in [0.25, 0.3) is 0 Å². The Balaban J connectivity index is 1.72. The maximum atomic E-state index is 12.0. The van der Waals surface area contributed by atoms with Crippen molar-refractivity contribution < 1.29 is 14.3 Å². The molecule has 0 radical (unpaired) electrons. The van der Waals surface area contributed by atoms with Crippen molar-refractivity contribution in [3.63, 3.8) is 0 Å². The molecule has 1 aromatic heterocycles. The normalized spacial score (nSPS) is 13.1. The largest absolute Gasteiger partial charge is 0.486 e. The van der Waals surface area contributed by atoms with Gasteiger partial charge in [-0.3, -0.25) is 4.79 Å². The first-order valence-corrected chi connectivity index (χ1v) is 6.24. The molecule has 0 unspecified atom stereocenters. The fraction of sp³-hybridized carbons (Fsp3) is 0.308. The van der Waals surface area contributed by atoms with Gasteiger partial charge in [-0.1, -0.05) is 6.07 Å². The van der Waals surface area contributed by atoms with Gasteiger partial charge in [0.15, 0.2) is 17.2 Å². The van der Waals surface area contributed by atoms with Crippen LogP contribution in [0.5, 0.6) is 11.5 Å². The summed E-state index contributed by atoms with van der Waals surface area (Å²) in [5.41, 5.74) is 1.26. The molecule has 7 heteroatoms. The molecular weight excluding hydrogens is 260 g/mol. The number of fused-ring (bicyclic) bond motifs is 1. The number of nitrogens with one attached hydrogen (secondary N) is 1. The number of benzene rings is 1. The third-order valence-electron chi connectivity index (χ3n) is 3.01. The number of rotatable bonds is 3. The van der Waals surface area contributed by atoms with E-state index in [1.165, 1.54) is 6.20 Å². The summed E-state index contributed by atoms with van der Waals surface area (Å²) < 4.78 is 11.0. The van der Waals surface area contributed by atoms with E-state index in [0.29, 0.717) is 25.5 Å². The van der Waals surface area contributed by atoms with Crippen LogP contribution in [-0.4, -0.2) is 46.5 Å². The summed E-state index contributed by atoms with van der Waals surface area (Å²) >= 11 is 0. The van der Waals surface area contributed by atoms with Crippen molar-refractivity contribution in [1.82, 2.24) is 20.3 Å². The van der Waals surface area contributed by atoms with Crippen molar-refractivity contribution in [3.05, 3.63) is 35.7 Å². The van der Waals surface area contributed by atoms with Crippen LogP contribution in [0, 0.1) is 0 Å². The zero-order valence-corrected chi connectivity index (χ0v) is 11.0. The van der Waals surface area contributed by atoms with Gasteiger partial charge in [0.05, 0.1) is 6.20 Å². The third kappa shape index (κ3) is 2.42. The number of carbonyl (C=O) groups excluding carboxylic acids is 1. The van der Waals surface area contributed by atoms with E-state index in [4.69, 9.17) is 9.47 Å². The Hall–Kier alpha value is -2.57. The minimum Gasteiger partial charge on any atom is -0.486 e. The molecule has 1 aliphatic rings. The van der Waals surface area contributed by atoms with Gasteiger partial charge in [0.1, 0.15) is 13.2 Å². The summed E-state index contributed by atoms with van der Waals surface area (Å²) in [6, 6.07) is 5.67. The highest BCUT2D eigenvalue weighted by atomic mass is 16.6. The van der Waals surface area contributed by atoms with Crippen molar-refractivity contribution in [1.29, 1.82) is 0 Å². The number of carbonyl (C=O) groups is 1. The predicted octanol–water partition coefficient (Wildman–Crippen LogP) is 0.848. The minimum atomic E-state index is -0.186. The van der Waals surface area contributed by atoms with Crippen molar-refractivity contribution in [2.24, 2.45) is 0 Å². The van der Waals surface area contributed by atoms with E-state index >= 15 is 0 Å². The Kier molecular flexibility index (Phi) is 3.24. The minimum absolute atomic E-state index is 0.186. The zero-order chi connectivity index (χ0) is 13.9. The number of hydrogen-bond donors (Lipinski definition) is 1. The van der Waals surface area contributed by atoms with E-state index in [-0.39, 0.29) is 5.91 Å². The molecule has 104 valence electrons. The summed E-state index contributed by atoms with van der Waals surface area (Å²) in [7, 11) is 1.72. The van der Waals surface area contributed by atoms with Crippen molar-refractivity contribution in [3.8, 4) is 11.5 Å². The second-order valence-corrected chi connectivity index (χ2v) is 4.49. The number of aromatic nitrogens is 3. The van der Waals surface area contributed by atoms with Gasteiger partial charge in [-0.05, 0) is 17.7 Å². The van der Waals surface area contributed by atoms with E-state index in [0.717, 1.165) is 17.1 Å². The molecule has 2 aromatic rings. The van der Waals surface area contributed by atoms with Gasteiger partial charge in [-0.15, -0.1) is 0 Å². The second-order valence-electron chi connectivity index (χ2n) is 4.49. The smallest absolute Gasteiger partial charge is 0.276 e. The van der Waals surface area contributed by atoms with E-state index in [1.54, 1.807) is 11.9 Å². The summed E-state index contributed by atoms with van der Waals surface area (Å²) in [5.74, 6) is 1.27. The van der Waals surface area contributed by atoms with Gasteiger partial charge in [0.25, 0.3) is 5.91 Å². The fourth-order valence-electron chi connectivity index (χ4n) is 2.03. The van der Waals surface area contributed by atoms with Gasteiger partial charge < -0.3 is 14.4 Å². The Morgan fingerprint density at radius 2 is 2.15 bits per heavy atom. The quantitative estimate of drug-likeness (QED) is 0.897. The molecule has 3 rings (SSSR count). The SMILES string of the molecule is CN(Cc1ccc2c(c1)OCCO2)C(=O)c1cn[nH]n1. The standard InChI is InChI=1S/C13H14N4O3/c1-17(13(18)10-7-14-16-15-10)8-9-2-3-11-12(6-9)20-5-4-19-11/h2-3,6-7H,4-5,8H2,1H3,(H,14,15,16). The van der Waals surface area contributed by atoms with Gasteiger partial charge in [-0.25, -0.2) is 0 Å². The molecule has 20 heavy (non-hydrogen) atoms. The molecule has 2 heterocycles. The highest BCUT2D eigenvalue weighted by molar-refractivity contribution is 5.91. The van der Waals surface area contributed by atoms with E-state index in [9.17, 15) is 4.79 Å². The summed E-state index contributed by atoms with van der Waals surface area (Å²) in [6.45, 7) is 1.57. The number of ether oxygens (including phenoxy) is 2. The third-order valence-corrected chi connectivity index (χ3v) is 3.01. The monoisotopic (exact) mass is 274 g/mol. The fourth-order valence-corrected chi connectivity index (χ4v) is 2.03. The first-order valence-electron chi connectivity index (χ1n) is 6.24. The lowest BCUT2D eigenvalue weighted by Gasteiger charge is -2.20. The lowest BCUT2D eigenvalue weighted by atomic mass is 10.2. The number of H-pyrrole nitrogens is 1. The van der Waals surface area contributed by atoms with Crippen LogP contribution in [0.2, 0.25) is 0 Å². The highest BCUT2D eigenvalue weighted by Crippen LogP contribution is 2.31.